The predicted molar refractivity (Wildman–Crippen MR) is 71.7 cm³/mol. The van der Waals surface area contributed by atoms with Crippen LogP contribution in [0.1, 0.15) is 11.4 Å². The summed E-state index contributed by atoms with van der Waals surface area (Å²) in [5.74, 6) is 0.187. The van der Waals surface area contributed by atoms with E-state index in [1.807, 2.05) is 19.9 Å². The van der Waals surface area contributed by atoms with E-state index in [9.17, 15) is 0 Å². The average Bonchev–Trinajstić information content (AvgIpc) is 2.75. The predicted octanol–water partition coefficient (Wildman–Crippen LogP) is 1.49. The smallest absolute Gasteiger partial charge is 0.223 e. The van der Waals surface area contributed by atoms with Gasteiger partial charge < -0.3 is 10.7 Å². The second kappa shape index (κ2) is 4.47. The molecule has 3 heterocycles. The summed E-state index contributed by atoms with van der Waals surface area (Å²) in [4.78, 5) is 24.1. The van der Waals surface area contributed by atoms with Crippen LogP contribution in [-0.4, -0.2) is 29.9 Å². The van der Waals surface area contributed by atoms with E-state index in [0.29, 0.717) is 15.8 Å². The number of nitrogens with two attached hydrogens (primary N) is 1. The van der Waals surface area contributed by atoms with Crippen molar-refractivity contribution < 1.29 is 0 Å². The summed E-state index contributed by atoms with van der Waals surface area (Å²) in [5, 5.41) is 1.30. The van der Waals surface area contributed by atoms with E-state index < -0.39 is 0 Å². The maximum absolute atomic E-state index is 5.67. The molecule has 96 valence electrons. The lowest BCUT2D eigenvalue weighted by Gasteiger charge is -2.03. The van der Waals surface area contributed by atoms with E-state index in [0.717, 1.165) is 16.9 Å². The van der Waals surface area contributed by atoms with Crippen LogP contribution in [0.15, 0.2) is 22.6 Å². The number of hydrogen-bond donors (Lipinski definition) is 2. The Morgan fingerprint density at radius 3 is 2.58 bits per heavy atom. The van der Waals surface area contributed by atoms with Crippen LogP contribution in [0.5, 0.6) is 0 Å². The maximum Gasteiger partial charge on any atom is 0.223 e. The molecule has 8 heteroatoms. The van der Waals surface area contributed by atoms with Gasteiger partial charge in [-0.3, -0.25) is 0 Å². The summed E-state index contributed by atoms with van der Waals surface area (Å²) in [5.41, 5.74) is 8.78. The Kier molecular flexibility index (Phi) is 2.79. The maximum atomic E-state index is 5.67. The van der Waals surface area contributed by atoms with Gasteiger partial charge in [0.1, 0.15) is 10.5 Å². The van der Waals surface area contributed by atoms with Gasteiger partial charge in [-0.05, 0) is 31.7 Å². The van der Waals surface area contributed by atoms with Crippen molar-refractivity contribution in [2.24, 2.45) is 0 Å². The van der Waals surface area contributed by atoms with Crippen LogP contribution in [0.4, 0.5) is 5.95 Å². The van der Waals surface area contributed by atoms with Gasteiger partial charge in [0.2, 0.25) is 5.95 Å². The molecule has 0 atom stereocenters. The average molecular weight is 273 g/mol. The number of hydrogen-bond acceptors (Lipinski definition) is 7. The largest absolute Gasteiger partial charge is 0.368 e. The first-order valence-corrected chi connectivity index (χ1v) is 6.40. The Hall–Kier alpha value is -2.22. The molecule has 0 fully saturated rings. The fourth-order valence-electron chi connectivity index (χ4n) is 1.72. The lowest BCUT2D eigenvalue weighted by Crippen LogP contribution is -1.98. The topological polar surface area (TPSA) is 106 Å². The minimum atomic E-state index is 0.187. The quantitative estimate of drug-likeness (QED) is 0.538. The molecule has 0 amide bonds. The molecule has 3 aromatic heterocycles. The highest BCUT2D eigenvalue weighted by Gasteiger charge is 2.12. The highest BCUT2D eigenvalue weighted by Crippen LogP contribution is 2.28. The van der Waals surface area contributed by atoms with Crippen LogP contribution in [0.2, 0.25) is 0 Å². The lowest BCUT2D eigenvalue weighted by molar-refractivity contribution is 0.899. The summed E-state index contributed by atoms with van der Waals surface area (Å²) < 4.78 is 0. The first-order chi connectivity index (χ1) is 9.11. The molecular formula is C11H11N7S. The number of nitrogens with zero attached hydrogens (tertiary/aromatic N) is 5. The monoisotopic (exact) mass is 273 g/mol. The van der Waals surface area contributed by atoms with Crippen LogP contribution in [0.3, 0.4) is 0 Å². The molecule has 3 N–H and O–H groups in total. The van der Waals surface area contributed by atoms with Crippen molar-refractivity contribution in [1.29, 1.82) is 0 Å². The minimum absolute atomic E-state index is 0.187. The molecule has 0 saturated heterocycles. The molecule has 0 aliphatic rings. The Labute approximate surface area is 113 Å². The molecule has 0 saturated carbocycles. The standard InChI is InChI=1S/C11H11N7S/c1-5-3-6(2)16-11(15-5)19-9-7-8(14-4-13-7)17-10(12)18-9/h3-4H,1-2H3,(H3,12,13,14,17,18). The molecule has 0 aliphatic carbocycles. The van der Waals surface area contributed by atoms with E-state index in [1.54, 1.807) is 6.33 Å². The molecule has 0 radical (unpaired) electrons. The molecule has 19 heavy (non-hydrogen) atoms. The number of nitrogen functional groups attached to an aromatic ring is 1. The van der Waals surface area contributed by atoms with E-state index in [2.05, 4.69) is 29.9 Å². The summed E-state index contributed by atoms with van der Waals surface area (Å²) in [6.45, 7) is 3.86. The number of aromatic nitrogens is 6. The Balaban J connectivity index is 2.07. The number of anilines is 1. The van der Waals surface area contributed by atoms with E-state index >= 15 is 0 Å². The first kappa shape index (κ1) is 11.8. The van der Waals surface area contributed by atoms with Crippen molar-refractivity contribution in [1.82, 2.24) is 29.9 Å². The Bertz CT molecular complexity index is 732. The molecule has 3 rings (SSSR count). The Morgan fingerprint density at radius 1 is 1.11 bits per heavy atom. The number of aromatic amines is 1. The minimum Gasteiger partial charge on any atom is -0.368 e. The third-order valence-electron chi connectivity index (χ3n) is 2.42. The van der Waals surface area contributed by atoms with Crippen molar-refractivity contribution in [3.63, 3.8) is 0 Å². The van der Waals surface area contributed by atoms with Gasteiger partial charge in [-0.2, -0.15) is 4.98 Å². The number of rotatable bonds is 2. The molecule has 0 unspecified atom stereocenters. The third-order valence-corrected chi connectivity index (χ3v) is 3.27. The lowest BCUT2D eigenvalue weighted by atomic mass is 10.4. The fourth-order valence-corrected chi connectivity index (χ4v) is 2.67. The normalized spacial score (nSPS) is 11.1. The zero-order valence-electron chi connectivity index (χ0n) is 10.4. The molecule has 0 aromatic carbocycles. The van der Waals surface area contributed by atoms with Crippen LogP contribution in [-0.2, 0) is 0 Å². The van der Waals surface area contributed by atoms with Crippen molar-refractivity contribution >= 4 is 28.9 Å². The summed E-state index contributed by atoms with van der Waals surface area (Å²) in [6.07, 6.45) is 1.56. The van der Waals surface area contributed by atoms with Gasteiger partial charge in [0.15, 0.2) is 10.8 Å². The summed E-state index contributed by atoms with van der Waals surface area (Å²) >= 11 is 1.34. The van der Waals surface area contributed by atoms with Crippen molar-refractivity contribution in [2.75, 3.05) is 5.73 Å². The van der Waals surface area contributed by atoms with Crippen LogP contribution >= 0.6 is 11.8 Å². The van der Waals surface area contributed by atoms with Gasteiger partial charge in [0.05, 0.1) is 6.33 Å². The molecule has 0 bridgehead atoms. The van der Waals surface area contributed by atoms with Gasteiger partial charge in [-0.15, -0.1) is 0 Å². The van der Waals surface area contributed by atoms with Crippen molar-refractivity contribution in [3.8, 4) is 0 Å². The van der Waals surface area contributed by atoms with Crippen LogP contribution in [0.25, 0.3) is 11.2 Å². The van der Waals surface area contributed by atoms with E-state index in [4.69, 9.17) is 5.73 Å². The molecule has 3 aromatic rings. The van der Waals surface area contributed by atoms with Crippen molar-refractivity contribution in [2.45, 2.75) is 24.0 Å². The third kappa shape index (κ3) is 2.34. The number of aryl methyl sites for hydroxylation is 2. The van der Waals surface area contributed by atoms with Gasteiger partial charge in [-0.1, -0.05) is 0 Å². The number of H-pyrrole nitrogens is 1. The van der Waals surface area contributed by atoms with Crippen LogP contribution in [0, 0.1) is 13.8 Å². The van der Waals surface area contributed by atoms with E-state index in [-0.39, 0.29) is 5.95 Å². The second-order valence-electron chi connectivity index (χ2n) is 4.02. The number of nitrogens with one attached hydrogen (secondary N) is 1. The Morgan fingerprint density at radius 2 is 1.84 bits per heavy atom. The highest BCUT2D eigenvalue weighted by atomic mass is 32.2. The van der Waals surface area contributed by atoms with Crippen LogP contribution < -0.4 is 5.73 Å². The second-order valence-corrected chi connectivity index (χ2v) is 4.98. The van der Waals surface area contributed by atoms with Gasteiger partial charge in [0, 0.05) is 11.4 Å². The molecule has 0 spiro atoms. The fraction of sp³-hybridized carbons (Fsp3) is 0.182. The summed E-state index contributed by atoms with van der Waals surface area (Å²) in [7, 11) is 0. The number of imidazole rings is 1. The first-order valence-electron chi connectivity index (χ1n) is 5.58. The SMILES string of the molecule is Cc1cc(C)nc(Sc2nc(N)nc3nc[nH]c23)n1. The zero-order valence-corrected chi connectivity index (χ0v) is 11.2. The molecule has 7 nitrogen and oxygen atoms in total. The van der Waals surface area contributed by atoms with E-state index in [1.165, 1.54) is 11.8 Å². The van der Waals surface area contributed by atoms with Gasteiger partial charge in [-0.25, -0.2) is 19.9 Å². The molecule has 0 aliphatic heterocycles. The van der Waals surface area contributed by atoms with Crippen molar-refractivity contribution in [3.05, 3.63) is 23.8 Å². The van der Waals surface area contributed by atoms with Gasteiger partial charge >= 0.3 is 0 Å². The molecular weight excluding hydrogens is 262 g/mol. The highest BCUT2D eigenvalue weighted by molar-refractivity contribution is 7.99. The zero-order chi connectivity index (χ0) is 13.4. The number of fused-ring (bicyclic) bond motifs is 1. The van der Waals surface area contributed by atoms with Gasteiger partial charge in [0.25, 0.3) is 0 Å². The summed E-state index contributed by atoms with van der Waals surface area (Å²) in [6, 6.07) is 1.92.